The van der Waals surface area contributed by atoms with Gasteiger partial charge in [-0.15, -0.1) is 0 Å². The smallest absolute Gasteiger partial charge is 0.389 e. The van der Waals surface area contributed by atoms with Crippen molar-refractivity contribution in [3.8, 4) is 0 Å². The van der Waals surface area contributed by atoms with Gasteiger partial charge in [0.15, 0.2) is 0 Å². The molecule has 0 fully saturated rings. The van der Waals surface area contributed by atoms with Gasteiger partial charge in [0, 0.05) is 6.54 Å². The molecule has 1 atom stereocenters. The van der Waals surface area contributed by atoms with Crippen molar-refractivity contribution in [3.05, 3.63) is 22.4 Å². The average Bonchev–Trinajstić information content (AvgIpc) is 2.76. The quantitative estimate of drug-likeness (QED) is 0.546. The predicted molar refractivity (Wildman–Crippen MR) is 67.9 cm³/mol. The minimum Gasteiger partial charge on any atom is -0.481 e. The van der Waals surface area contributed by atoms with Gasteiger partial charge in [0.25, 0.3) is 0 Å². The Bertz CT molecular complexity index is 511. The van der Waals surface area contributed by atoms with Crippen LogP contribution in [0.2, 0.25) is 0 Å². The topological polar surface area (TPSA) is 127 Å². The zero-order valence-corrected chi connectivity index (χ0v) is 11.1. The molecule has 1 amide bonds. The Morgan fingerprint density at radius 2 is 2.20 bits per heavy atom. The maximum absolute atomic E-state index is 11.6. The summed E-state index contributed by atoms with van der Waals surface area (Å²) < 4.78 is 1.12. The van der Waals surface area contributed by atoms with Crippen LogP contribution in [0.5, 0.6) is 0 Å². The van der Waals surface area contributed by atoms with Gasteiger partial charge in [0.2, 0.25) is 5.91 Å². The van der Waals surface area contributed by atoms with E-state index in [4.69, 9.17) is 5.11 Å². The molecule has 9 nitrogen and oxygen atoms in total. The van der Waals surface area contributed by atoms with Crippen LogP contribution in [0.25, 0.3) is 0 Å². The van der Waals surface area contributed by atoms with Gasteiger partial charge < -0.3 is 20.5 Å². The van der Waals surface area contributed by atoms with Crippen molar-refractivity contribution < 1.29 is 19.6 Å². The lowest BCUT2D eigenvalue weighted by Gasteiger charge is -2.16. The summed E-state index contributed by atoms with van der Waals surface area (Å²) in [6.45, 7) is 3.32. The first kappa shape index (κ1) is 15.6. The van der Waals surface area contributed by atoms with Crippen LogP contribution in [0.4, 0.5) is 5.82 Å². The number of rotatable bonds is 7. The fourth-order valence-electron chi connectivity index (χ4n) is 1.57. The van der Waals surface area contributed by atoms with Crippen molar-refractivity contribution >= 4 is 17.7 Å². The number of nitrogens with one attached hydrogen (secondary N) is 1. The second kappa shape index (κ2) is 6.64. The monoisotopic (exact) mass is 284 g/mol. The molecule has 1 aromatic heterocycles. The van der Waals surface area contributed by atoms with E-state index in [0.29, 0.717) is 0 Å². The number of hydrogen-bond donors (Lipinski definition) is 2. The summed E-state index contributed by atoms with van der Waals surface area (Å²) in [4.78, 5) is 32.3. The highest BCUT2D eigenvalue weighted by atomic mass is 16.6. The summed E-state index contributed by atoms with van der Waals surface area (Å²) in [6, 6.07) is 1.18. The zero-order chi connectivity index (χ0) is 15.3. The molecular weight excluding hydrogens is 268 g/mol. The fraction of sp³-hybridized carbons (Fsp3) is 0.545. The number of carboxylic acid groups (broad SMARTS) is 1. The van der Waals surface area contributed by atoms with Crippen LogP contribution in [0.1, 0.15) is 13.8 Å². The Morgan fingerprint density at radius 3 is 2.65 bits per heavy atom. The molecule has 0 bridgehead atoms. The third kappa shape index (κ3) is 4.34. The van der Waals surface area contributed by atoms with E-state index in [9.17, 15) is 19.7 Å². The van der Waals surface area contributed by atoms with Crippen molar-refractivity contribution in [3.63, 3.8) is 0 Å². The first-order valence-corrected chi connectivity index (χ1v) is 5.98. The van der Waals surface area contributed by atoms with Crippen molar-refractivity contribution in [2.75, 3.05) is 6.54 Å². The summed E-state index contributed by atoms with van der Waals surface area (Å²) in [5, 5.41) is 25.5. The summed E-state index contributed by atoms with van der Waals surface area (Å²) in [5.74, 6) is -2.56. The molecule has 0 aliphatic carbocycles. The van der Waals surface area contributed by atoms with Crippen molar-refractivity contribution in [2.45, 2.75) is 20.4 Å². The summed E-state index contributed by atoms with van der Waals surface area (Å²) in [6.07, 6.45) is 1.31. The van der Waals surface area contributed by atoms with Gasteiger partial charge in [-0.25, -0.2) is 0 Å². The molecule has 0 saturated carbocycles. The first-order chi connectivity index (χ1) is 9.31. The highest BCUT2D eigenvalue weighted by Gasteiger charge is 2.22. The second-order valence-corrected chi connectivity index (χ2v) is 4.62. The minimum absolute atomic E-state index is 0.00912. The molecule has 0 aliphatic rings. The lowest BCUT2D eigenvalue weighted by atomic mass is 9.96. The molecule has 0 radical (unpaired) electrons. The Labute approximate surface area is 114 Å². The summed E-state index contributed by atoms with van der Waals surface area (Å²) in [5.41, 5.74) is 0. The molecule has 9 heteroatoms. The molecule has 0 aliphatic heterocycles. The second-order valence-electron chi connectivity index (χ2n) is 4.62. The average molecular weight is 284 g/mol. The molecule has 0 aromatic carbocycles. The predicted octanol–water partition coefficient (Wildman–Crippen LogP) is 0.264. The SMILES string of the molecule is CC(C)C(CNC(=O)Cn1ccc([N+](=O)[O-])n1)C(=O)O. The van der Waals surface area contributed by atoms with E-state index in [1.807, 2.05) is 0 Å². The number of nitro groups is 1. The van der Waals surface area contributed by atoms with E-state index in [2.05, 4.69) is 10.4 Å². The summed E-state index contributed by atoms with van der Waals surface area (Å²) in [7, 11) is 0. The number of carbonyl (C=O) groups excluding carboxylic acids is 1. The van der Waals surface area contributed by atoms with Gasteiger partial charge in [0.1, 0.15) is 6.54 Å². The van der Waals surface area contributed by atoms with E-state index < -0.39 is 22.7 Å². The van der Waals surface area contributed by atoms with Gasteiger partial charge in [-0.05, 0) is 10.8 Å². The lowest BCUT2D eigenvalue weighted by molar-refractivity contribution is -0.389. The van der Waals surface area contributed by atoms with Crippen LogP contribution in [0.15, 0.2) is 12.3 Å². The molecular formula is C11H16N4O5. The fourth-order valence-corrected chi connectivity index (χ4v) is 1.57. The van der Waals surface area contributed by atoms with Gasteiger partial charge in [-0.2, -0.15) is 4.68 Å². The van der Waals surface area contributed by atoms with Gasteiger partial charge in [0.05, 0.1) is 23.3 Å². The van der Waals surface area contributed by atoms with Crippen LogP contribution >= 0.6 is 0 Å². The van der Waals surface area contributed by atoms with Crippen LogP contribution in [0, 0.1) is 22.0 Å². The summed E-state index contributed by atoms with van der Waals surface area (Å²) >= 11 is 0. The Morgan fingerprint density at radius 1 is 1.55 bits per heavy atom. The first-order valence-electron chi connectivity index (χ1n) is 5.98. The number of carbonyl (C=O) groups is 2. The Hall–Kier alpha value is -2.45. The highest BCUT2D eigenvalue weighted by molar-refractivity contribution is 5.77. The van der Waals surface area contributed by atoms with E-state index in [1.165, 1.54) is 12.3 Å². The molecule has 110 valence electrons. The van der Waals surface area contributed by atoms with Crippen LogP contribution < -0.4 is 5.32 Å². The van der Waals surface area contributed by atoms with Crippen LogP contribution in [0.3, 0.4) is 0 Å². The van der Waals surface area contributed by atoms with Gasteiger partial charge in [-0.1, -0.05) is 13.8 Å². The largest absolute Gasteiger partial charge is 0.481 e. The van der Waals surface area contributed by atoms with E-state index >= 15 is 0 Å². The molecule has 20 heavy (non-hydrogen) atoms. The van der Waals surface area contributed by atoms with Crippen LogP contribution in [-0.2, 0) is 16.1 Å². The number of amides is 1. The number of nitrogens with zero attached hydrogens (tertiary/aromatic N) is 3. The van der Waals surface area contributed by atoms with E-state index in [1.54, 1.807) is 13.8 Å². The molecule has 1 unspecified atom stereocenters. The molecule has 2 N–H and O–H groups in total. The van der Waals surface area contributed by atoms with E-state index in [-0.39, 0.29) is 24.8 Å². The van der Waals surface area contributed by atoms with Crippen molar-refractivity contribution in [2.24, 2.45) is 11.8 Å². The van der Waals surface area contributed by atoms with Crippen molar-refractivity contribution in [1.82, 2.24) is 15.1 Å². The van der Waals surface area contributed by atoms with Gasteiger partial charge in [-0.3, -0.25) is 9.59 Å². The number of aliphatic carboxylic acids is 1. The lowest BCUT2D eigenvalue weighted by Crippen LogP contribution is -2.37. The molecule has 1 rings (SSSR count). The maximum Gasteiger partial charge on any atom is 0.389 e. The zero-order valence-electron chi connectivity index (χ0n) is 11.1. The third-order valence-corrected chi connectivity index (χ3v) is 2.76. The molecule has 1 aromatic rings. The highest BCUT2D eigenvalue weighted by Crippen LogP contribution is 2.09. The van der Waals surface area contributed by atoms with Gasteiger partial charge >= 0.3 is 11.8 Å². The standard InChI is InChI=1S/C11H16N4O5/c1-7(2)8(11(17)18)5-12-10(16)6-14-4-3-9(13-14)15(19)20/h3-4,7-8H,5-6H2,1-2H3,(H,12,16)(H,17,18). The number of hydrogen-bond acceptors (Lipinski definition) is 5. The Balaban J connectivity index is 2.50. The Kier molecular flexibility index (Phi) is 5.18. The van der Waals surface area contributed by atoms with Crippen LogP contribution in [-0.4, -0.2) is 38.2 Å². The number of carboxylic acids is 1. The number of aromatic nitrogens is 2. The molecule has 1 heterocycles. The maximum atomic E-state index is 11.6. The van der Waals surface area contributed by atoms with Crippen molar-refractivity contribution in [1.29, 1.82) is 0 Å². The molecule has 0 spiro atoms. The van der Waals surface area contributed by atoms with E-state index in [0.717, 1.165) is 4.68 Å². The third-order valence-electron chi connectivity index (χ3n) is 2.76. The minimum atomic E-state index is -0.977. The normalized spacial score (nSPS) is 12.2. The molecule has 0 saturated heterocycles.